The molecule has 2 aliphatic rings. The van der Waals surface area contributed by atoms with Crippen LogP contribution >= 0.6 is 22.9 Å². The summed E-state index contributed by atoms with van der Waals surface area (Å²) >= 11 is 7.68. The first kappa shape index (κ1) is 18.1. The predicted octanol–water partition coefficient (Wildman–Crippen LogP) is 3.86. The lowest BCUT2D eigenvalue weighted by atomic mass is 10.2. The first-order valence-corrected chi connectivity index (χ1v) is 12.0. The molecule has 2 heterocycles. The van der Waals surface area contributed by atoms with E-state index in [1.165, 1.54) is 6.07 Å². The Morgan fingerprint density at radius 2 is 2.07 bits per heavy atom. The molecule has 1 aromatic carbocycles. The van der Waals surface area contributed by atoms with E-state index in [-0.39, 0.29) is 28.4 Å². The molecule has 2 aliphatic carbocycles. The Balaban J connectivity index is 1.33. The number of sulfone groups is 1. The van der Waals surface area contributed by atoms with E-state index < -0.39 is 15.1 Å². The Labute approximate surface area is 170 Å². The molecule has 6 nitrogen and oxygen atoms in total. The summed E-state index contributed by atoms with van der Waals surface area (Å²) in [6.45, 7) is 1.54. The van der Waals surface area contributed by atoms with Crippen LogP contribution in [0.1, 0.15) is 46.3 Å². The van der Waals surface area contributed by atoms with Gasteiger partial charge in [-0.25, -0.2) is 13.4 Å². The van der Waals surface area contributed by atoms with Crippen LogP contribution in [0.5, 0.6) is 0 Å². The number of benzene rings is 1. The monoisotopic (exact) mass is 436 g/mol. The zero-order valence-electron chi connectivity index (χ0n) is 15.2. The Morgan fingerprint density at radius 1 is 1.32 bits per heavy atom. The molecule has 1 unspecified atom stereocenters. The number of carbonyl (C=O) groups excluding carboxylic acids is 1. The SMILES string of the molecule is CC(c1ccc(C(=O)NC23CC2(c2nc4ccc(Cl)cc4s2)C3)o1)S(C)(=O)=O. The molecule has 0 aliphatic heterocycles. The van der Waals surface area contributed by atoms with Gasteiger partial charge in [-0.3, -0.25) is 4.79 Å². The molecule has 1 amide bonds. The molecule has 3 aromatic rings. The second kappa shape index (κ2) is 5.58. The molecule has 2 fully saturated rings. The van der Waals surface area contributed by atoms with Gasteiger partial charge in [0.2, 0.25) is 0 Å². The highest BCUT2D eigenvalue weighted by Crippen LogP contribution is 2.79. The van der Waals surface area contributed by atoms with Crippen LogP contribution in [0.4, 0.5) is 0 Å². The third kappa shape index (κ3) is 2.62. The number of furan rings is 1. The topological polar surface area (TPSA) is 89.3 Å². The smallest absolute Gasteiger partial charge is 0.287 e. The molecule has 2 saturated carbocycles. The maximum absolute atomic E-state index is 12.6. The average molecular weight is 437 g/mol. The van der Waals surface area contributed by atoms with Gasteiger partial charge < -0.3 is 9.73 Å². The minimum Gasteiger partial charge on any atom is -0.455 e. The van der Waals surface area contributed by atoms with Crippen LogP contribution in [0.2, 0.25) is 5.02 Å². The van der Waals surface area contributed by atoms with Gasteiger partial charge in [0.15, 0.2) is 15.6 Å². The number of nitrogens with zero attached hydrogens (tertiary/aromatic N) is 1. The van der Waals surface area contributed by atoms with E-state index >= 15 is 0 Å². The van der Waals surface area contributed by atoms with E-state index in [4.69, 9.17) is 21.0 Å². The highest BCUT2D eigenvalue weighted by molar-refractivity contribution is 7.90. The third-order valence-corrected chi connectivity index (χ3v) is 8.85. The fraction of sp³-hybridized carbons (Fsp3) is 0.368. The van der Waals surface area contributed by atoms with Crippen molar-refractivity contribution in [2.24, 2.45) is 0 Å². The van der Waals surface area contributed by atoms with Crippen LogP contribution in [0.25, 0.3) is 10.2 Å². The van der Waals surface area contributed by atoms with Gasteiger partial charge in [0.05, 0.1) is 15.8 Å². The molecule has 0 spiro atoms. The molecule has 0 saturated heterocycles. The van der Waals surface area contributed by atoms with Crippen LogP contribution in [0.15, 0.2) is 34.7 Å². The third-order valence-electron chi connectivity index (χ3n) is 5.88. The number of thiazole rings is 1. The second-order valence-electron chi connectivity index (χ2n) is 7.78. The molecular weight excluding hydrogens is 420 g/mol. The number of rotatable bonds is 5. The Hall–Kier alpha value is -1.90. The normalized spacial score (nSPS) is 26.7. The van der Waals surface area contributed by atoms with Crippen molar-refractivity contribution >= 4 is 48.9 Å². The van der Waals surface area contributed by atoms with Crippen molar-refractivity contribution in [3.05, 3.63) is 51.9 Å². The van der Waals surface area contributed by atoms with Gasteiger partial charge in [0, 0.05) is 16.7 Å². The van der Waals surface area contributed by atoms with Gasteiger partial charge >= 0.3 is 0 Å². The predicted molar refractivity (Wildman–Crippen MR) is 108 cm³/mol. The van der Waals surface area contributed by atoms with E-state index in [0.717, 1.165) is 34.3 Å². The fourth-order valence-corrected chi connectivity index (χ4v) is 5.82. The lowest BCUT2D eigenvalue weighted by Gasteiger charge is -2.06. The molecule has 146 valence electrons. The summed E-state index contributed by atoms with van der Waals surface area (Å²) in [6, 6.07) is 8.71. The van der Waals surface area contributed by atoms with Crippen molar-refractivity contribution in [3.8, 4) is 0 Å². The number of fused-ring (bicyclic) bond motifs is 2. The first-order valence-electron chi connectivity index (χ1n) is 8.81. The summed E-state index contributed by atoms with van der Waals surface area (Å²) in [7, 11) is -3.29. The number of hydrogen-bond donors (Lipinski definition) is 1. The zero-order chi connectivity index (χ0) is 19.9. The van der Waals surface area contributed by atoms with Crippen molar-refractivity contribution in [2.45, 2.75) is 36.0 Å². The minimum atomic E-state index is -3.29. The van der Waals surface area contributed by atoms with Crippen molar-refractivity contribution in [2.75, 3.05) is 6.26 Å². The van der Waals surface area contributed by atoms with Gasteiger partial charge in [-0.15, -0.1) is 11.3 Å². The molecule has 0 radical (unpaired) electrons. The van der Waals surface area contributed by atoms with Crippen LogP contribution in [-0.2, 0) is 15.3 Å². The second-order valence-corrected chi connectivity index (χ2v) is 11.6. The number of nitrogens with one attached hydrogen (secondary N) is 1. The molecule has 2 aromatic heterocycles. The van der Waals surface area contributed by atoms with Crippen molar-refractivity contribution < 1.29 is 17.6 Å². The Kier molecular flexibility index (Phi) is 3.62. The maximum Gasteiger partial charge on any atom is 0.287 e. The highest BCUT2D eigenvalue weighted by atomic mass is 35.5. The quantitative estimate of drug-likeness (QED) is 0.655. The van der Waals surface area contributed by atoms with Gasteiger partial charge in [-0.2, -0.15) is 0 Å². The van der Waals surface area contributed by atoms with Crippen LogP contribution in [-0.4, -0.2) is 31.1 Å². The minimum absolute atomic E-state index is 0.0890. The van der Waals surface area contributed by atoms with E-state index in [2.05, 4.69) is 5.32 Å². The number of aromatic nitrogens is 1. The molecular formula is C19H17ClN2O4S2. The Bertz CT molecular complexity index is 1240. The zero-order valence-corrected chi connectivity index (χ0v) is 17.5. The standard InChI is InChI=1S/C19H17ClN2O4S2/c1-10(28(2,24)25)13-5-6-14(26-13)16(23)22-19-8-18(19,9-19)17-21-12-4-3-11(20)7-15(12)27-17/h3-7,10H,8-9H2,1-2H3,(H,22,23). The lowest BCUT2D eigenvalue weighted by Crippen LogP contribution is -2.30. The largest absolute Gasteiger partial charge is 0.455 e. The Morgan fingerprint density at radius 3 is 2.79 bits per heavy atom. The first-order chi connectivity index (χ1) is 13.1. The van der Waals surface area contributed by atoms with Crippen LogP contribution in [0.3, 0.4) is 0 Å². The van der Waals surface area contributed by atoms with E-state index in [1.54, 1.807) is 24.3 Å². The summed E-state index contributed by atoms with van der Waals surface area (Å²) in [5.74, 6) is 0.0743. The van der Waals surface area contributed by atoms with Gasteiger partial charge in [-0.05, 0) is 50.1 Å². The summed E-state index contributed by atoms with van der Waals surface area (Å²) in [5, 5.41) is 3.98. The molecule has 1 atom stereocenters. The maximum atomic E-state index is 12.6. The molecule has 9 heteroatoms. The number of hydrogen-bond acceptors (Lipinski definition) is 6. The van der Waals surface area contributed by atoms with Crippen LogP contribution in [0, 0.1) is 0 Å². The molecule has 28 heavy (non-hydrogen) atoms. The summed E-state index contributed by atoms with van der Waals surface area (Å²) < 4.78 is 29.9. The average Bonchev–Trinajstić information content (AvgIpc) is 3.17. The van der Waals surface area contributed by atoms with Gasteiger partial charge in [-0.1, -0.05) is 11.6 Å². The van der Waals surface area contributed by atoms with E-state index in [0.29, 0.717) is 5.02 Å². The fourth-order valence-electron chi connectivity index (χ4n) is 3.74. The number of halogens is 1. The lowest BCUT2D eigenvalue weighted by molar-refractivity contribution is 0.0912. The summed E-state index contributed by atoms with van der Waals surface area (Å²) in [5.41, 5.74) is 0.564. The number of amides is 1. The highest BCUT2D eigenvalue weighted by Gasteiger charge is 2.86. The molecule has 5 rings (SSSR count). The van der Waals surface area contributed by atoms with Gasteiger partial charge in [0.25, 0.3) is 5.91 Å². The van der Waals surface area contributed by atoms with Gasteiger partial charge in [0.1, 0.15) is 16.0 Å². The number of carbonyl (C=O) groups is 1. The van der Waals surface area contributed by atoms with E-state index in [1.807, 2.05) is 18.2 Å². The van der Waals surface area contributed by atoms with Crippen molar-refractivity contribution in [1.82, 2.24) is 10.3 Å². The summed E-state index contributed by atoms with van der Waals surface area (Å²) in [6.07, 6.45) is 2.85. The van der Waals surface area contributed by atoms with E-state index in [9.17, 15) is 13.2 Å². The molecule has 0 bridgehead atoms. The molecule has 1 N–H and O–H groups in total. The van der Waals surface area contributed by atoms with Crippen molar-refractivity contribution in [3.63, 3.8) is 0 Å². The summed E-state index contributed by atoms with van der Waals surface area (Å²) in [4.78, 5) is 17.3. The van der Waals surface area contributed by atoms with Crippen LogP contribution < -0.4 is 5.32 Å². The van der Waals surface area contributed by atoms with Crippen molar-refractivity contribution in [1.29, 1.82) is 0 Å².